The van der Waals surface area contributed by atoms with Crippen LogP contribution in [0.4, 0.5) is 5.69 Å². The summed E-state index contributed by atoms with van der Waals surface area (Å²) < 4.78 is 11.7. The van der Waals surface area contributed by atoms with Crippen LogP contribution in [0.15, 0.2) is 12.3 Å². The number of ether oxygens (including phenoxy) is 2. The molecule has 6 nitrogen and oxygen atoms in total. The number of hydrogen-bond donors (Lipinski definition) is 1. The molecule has 1 N–H and O–H groups in total. The van der Waals surface area contributed by atoms with Gasteiger partial charge in [-0.05, 0) is 51.5 Å². The zero-order valence-corrected chi connectivity index (χ0v) is 17.2. The minimum absolute atomic E-state index is 0.0269. The van der Waals surface area contributed by atoms with Gasteiger partial charge in [0.15, 0.2) is 0 Å². The summed E-state index contributed by atoms with van der Waals surface area (Å²) in [6, 6.07) is 2.51. The van der Waals surface area contributed by atoms with Crippen LogP contribution in [0.25, 0.3) is 0 Å². The van der Waals surface area contributed by atoms with Gasteiger partial charge in [-0.1, -0.05) is 11.6 Å². The fourth-order valence-electron chi connectivity index (χ4n) is 3.84. The van der Waals surface area contributed by atoms with Gasteiger partial charge in [-0.15, -0.1) is 0 Å². The molecule has 0 spiro atoms. The lowest BCUT2D eigenvalue weighted by atomic mass is 9.83. The third-order valence-electron chi connectivity index (χ3n) is 5.38. The maximum Gasteiger partial charge on any atom is 0.234 e. The van der Waals surface area contributed by atoms with E-state index in [0.29, 0.717) is 36.1 Å². The smallest absolute Gasteiger partial charge is 0.234 e. The molecule has 1 saturated heterocycles. The highest BCUT2D eigenvalue weighted by molar-refractivity contribution is 6.34. The van der Waals surface area contributed by atoms with E-state index in [1.54, 1.807) is 6.20 Å². The lowest BCUT2D eigenvalue weighted by Crippen LogP contribution is -2.40. The number of carbonyl (C=O) groups is 1. The van der Waals surface area contributed by atoms with Crippen molar-refractivity contribution in [2.75, 3.05) is 24.7 Å². The minimum atomic E-state index is -0.0269. The van der Waals surface area contributed by atoms with Crippen molar-refractivity contribution in [1.29, 1.82) is 0 Å². The van der Waals surface area contributed by atoms with E-state index < -0.39 is 0 Å². The van der Waals surface area contributed by atoms with Gasteiger partial charge in [0.2, 0.25) is 11.8 Å². The number of aromatic nitrogens is 1. The molecule has 2 heterocycles. The number of hydrogen-bond acceptors (Lipinski definition) is 5. The predicted octanol–water partition coefficient (Wildman–Crippen LogP) is 3.42. The topological polar surface area (TPSA) is 63.7 Å². The molecule has 150 valence electrons. The number of carbonyl (C=O) groups excluding carboxylic acids is 1. The van der Waals surface area contributed by atoms with E-state index in [4.69, 9.17) is 21.1 Å². The molecule has 1 unspecified atom stereocenters. The summed E-state index contributed by atoms with van der Waals surface area (Å²) in [6.45, 7) is 7.87. The molecule has 1 amide bonds. The summed E-state index contributed by atoms with van der Waals surface area (Å²) in [5.41, 5.74) is 1.02. The molecule has 1 aliphatic heterocycles. The fourth-order valence-corrected chi connectivity index (χ4v) is 4.12. The number of nitrogens with one attached hydrogen (secondary N) is 1. The van der Waals surface area contributed by atoms with E-state index in [1.165, 1.54) is 19.8 Å². The van der Waals surface area contributed by atoms with Crippen molar-refractivity contribution in [1.82, 2.24) is 10.3 Å². The number of halogens is 1. The Balaban J connectivity index is 1.42. The maximum absolute atomic E-state index is 11.0. The van der Waals surface area contributed by atoms with Gasteiger partial charge < -0.3 is 19.7 Å². The van der Waals surface area contributed by atoms with Gasteiger partial charge in [0.05, 0.1) is 25.0 Å². The molecule has 1 aromatic heterocycles. The molecule has 1 saturated carbocycles. The Kier molecular flexibility index (Phi) is 6.82. The van der Waals surface area contributed by atoms with E-state index in [-0.39, 0.29) is 18.1 Å². The minimum Gasteiger partial charge on any atom is -0.476 e. The number of rotatable bonds is 8. The monoisotopic (exact) mass is 395 g/mol. The Morgan fingerprint density at radius 3 is 2.93 bits per heavy atom. The van der Waals surface area contributed by atoms with Crippen molar-refractivity contribution in [3.8, 4) is 5.88 Å². The highest BCUT2D eigenvalue weighted by Gasteiger charge is 2.31. The summed E-state index contributed by atoms with van der Waals surface area (Å²) in [5.74, 6) is 0.955. The summed E-state index contributed by atoms with van der Waals surface area (Å²) in [4.78, 5) is 17.7. The highest BCUT2D eigenvalue weighted by Crippen LogP contribution is 2.37. The average molecular weight is 396 g/mol. The molecule has 27 heavy (non-hydrogen) atoms. The standard InChI is InChI=1S/C20H30ClN3O3/c1-13(23-15(3)25)11-26-17-9-16(10-17)12-27-20-19(21)18(6-7-22-20)24-8-4-5-14(24)2/h6-7,13-14,16-17H,4-5,8-12H2,1-3H3,(H,23,25)/t13-,14?,16?,17?/m0/s1. The van der Waals surface area contributed by atoms with Crippen molar-refractivity contribution in [3.05, 3.63) is 17.3 Å². The largest absolute Gasteiger partial charge is 0.476 e. The molecule has 1 aromatic rings. The normalized spacial score (nSPS) is 25.8. The molecule has 7 heteroatoms. The van der Waals surface area contributed by atoms with E-state index in [1.807, 2.05) is 13.0 Å². The maximum atomic E-state index is 11.0. The second-order valence-corrected chi connectivity index (χ2v) is 8.22. The quantitative estimate of drug-likeness (QED) is 0.730. The lowest BCUT2D eigenvalue weighted by molar-refractivity contribution is -0.120. The second kappa shape index (κ2) is 9.11. The Hall–Kier alpha value is -1.53. The van der Waals surface area contributed by atoms with Gasteiger partial charge in [-0.2, -0.15) is 0 Å². The molecule has 3 rings (SSSR count). The zero-order valence-electron chi connectivity index (χ0n) is 16.4. The van der Waals surface area contributed by atoms with E-state index in [9.17, 15) is 4.79 Å². The van der Waals surface area contributed by atoms with Crippen LogP contribution < -0.4 is 15.0 Å². The molecule has 0 bridgehead atoms. The van der Waals surface area contributed by atoms with Gasteiger partial charge in [0.25, 0.3) is 0 Å². The third kappa shape index (κ3) is 5.26. The Morgan fingerprint density at radius 1 is 1.48 bits per heavy atom. The zero-order chi connectivity index (χ0) is 19.4. The molecular weight excluding hydrogens is 366 g/mol. The fraction of sp³-hybridized carbons (Fsp3) is 0.700. The average Bonchev–Trinajstić information content (AvgIpc) is 2.99. The van der Waals surface area contributed by atoms with Crippen LogP contribution in [0.5, 0.6) is 5.88 Å². The van der Waals surface area contributed by atoms with E-state index in [2.05, 4.69) is 22.1 Å². The van der Waals surface area contributed by atoms with Crippen molar-refractivity contribution >= 4 is 23.2 Å². The van der Waals surface area contributed by atoms with Crippen LogP contribution in [0.2, 0.25) is 5.02 Å². The van der Waals surface area contributed by atoms with Crippen LogP contribution in [0.1, 0.15) is 46.5 Å². The van der Waals surface area contributed by atoms with Gasteiger partial charge >= 0.3 is 0 Å². The van der Waals surface area contributed by atoms with Crippen molar-refractivity contribution < 1.29 is 14.3 Å². The van der Waals surface area contributed by atoms with Crippen LogP contribution in [0, 0.1) is 5.92 Å². The molecule has 2 atom stereocenters. The molecule has 0 aromatic carbocycles. The number of nitrogens with zero attached hydrogens (tertiary/aromatic N) is 2. The first-order valence-electron chi connectivity index (χ1n) is 9.86. The van der Waals surface area contributed by atoms with Crippen LogP contribution in [0.3, 0.4) is 0 Å². The van der Waals surface area contributed by atoms with Crippen LogP contribution >= 0.6 is 11.6 Å². The van der Waals surface area contributed by atoms with Gasteiger partial charge in [-0.3, -0.25) is 4.79 Å². The van der Waals surface area contributed by atoms with Crippen molar-refractivity contribution in [2.45, 2.75) is 64.6 Å². The lowest BCUT2D eigenvalue weighted by Gasteiger charge is -2.35. The van der Waals surface area contributed by atoms with Crippen LogP contribution in [-0.4, -0.2) is 48.8 Å². The summed E-state index contributed by atoms with van der Waals surface area (Å²) in [7, 11) is 0. The van der Waals surface area contributed by atoms with Gasteiger partial charge in [0, 0.05) is 31.7 Å². The molecule has 0 radical (unpaired) electrons. The summed E-state index contributed by atoms with van der Waals surface area (Å²) >= 11 is 6.57. The highest BCUT2D eigenvalue weighted by atomic mass is 35.5. The molecule has 2 aliphatic rings. The molecule has 1 aliphatic carbocycles. The first-order valence-corrected chi connectivity index (χ1v) is 10.2. The second-order valence-electron chi connectivity index (χ2n) is 7.84. The van der Waals surface area contributed by atoms with Crippen molar-refractivity contribution in [3.63, 3.8) is 0 Å². The van der Waals surface area contributed by atoms with Gasteiger partial charge in [0.1, 0.15) is 5.02 Å². The van der Waals surface area contributed by atoms with Gasteiger partial charge in [-0.25, -0.2) is 4.98 Å². The predicted molar refractivity (Wildman–Crippen MR) is 107 cm³/mol. The Morgan fingerprint density at radius 2 is 2.26 bits per heavy atom. The van der Waals surface area contributed by atoms with E-state index in [0.717, 1.165) is 25.1 Å². The van der Waals surface area contributed by atoms with Crippen molar-refractivity contribution in [2.24, 2.45) is 5.92 Å². The third-order valence-corrected chi connectivity index (χ3v) is 5.73. The Labute approximate surface area is 166 Å². The number of anilines is 1. The summed E-state index contributed by atoms with van der Waals surface area (Å²) in [5, 5.41) is 3.44. The van der Waals surface area contributed by atoms with E-state index >= 15 is 0 Å². The first kappa shape index (κ1) is 20.2. The van der Waals surface area contributed by atoms with Crippen LogP contribution in [-0.2, 0) is 9.53 Å². The number of pyridine rings is 1. The first-order chi connectivity index (χ1) is 12.9. The molecule has 2 fully saturated rings. The Bertz CT molecular complexity index is 651. The summed E-state index contributed by atoms with van der Waals surface area (Å²) in [6.07, 6.45) is 6.34. The molecular formula is C20H30ClN3O3. The SMILES string of the molecule is CC(=O)N[C@@H](C)COC1CC(COc2nccc(N3CCCC3C)c2Cl)C1. The number of amides is 1.